The normalized spacial score (nSPS) is 9.86. The molecule has 0 amide bonds. The van der Waals surface area contributed by atoms with Crippen LogP contribution in [0.15, 0.2) is 12.1 Å². The molecule has 0 aliphatic carbocycles. The molecular formula is C8H6FNO4. The Kier molecular flexibility index (Phi) is 2.46. The lowest BCUT2D eigenvalue weighted by Gasteiger charge is -2.01. The van der Waals surface area contributed by atoms with E-state index in [1.165, 1.54) is 0 Å². The van der Waals surface area contributed by atoms with Crippen LogP contribution in [-0.2, 0) is 0 Å². The van der Waals surface area contributed by atoms with Gasteiger partial charge in [0.15, 0.2) is 11.5 Å². The summed E-state index contributed by atoms with van der Waals surface area (Å²) in [5.41, 5.74) is -1.12. The fraction of sp³-hybridized carbons (Fsp3) is 0.125. The van der Waals surface area contributed by atoms with Crippen LogP contribution in [-0.4, -0.2) is 15.8 Å². The highest BCUT2D eigenvalue weighted by molar-refractivity contribution is 5.97. The molecule has 0 aliphatic rings. The number of nitro groups is 1. The maximum absolute atomic E-state index is 13.0. The standard InChI is InChI=1S/C8H6FNO4/c1-4(11)5-2-3-6(10(13)14)7(9)8(5)12/h2-3,12H,1H3. The molecule has 0 radical (unpaired) electrons. The minimum atomic E-state index is -1.39. The predicted molar refractivity (Wildman–Crippen MR) is 44.7 cm³/mol. The van der Waals surface area contributed by atoms with Gasteiger partial charge in [-0.1, -0.05) is 0 Å². The highest BCUT2D eigenvalue weighted by atomic mass is 19.1. The van der Waals surface area contributed by atoms with Gasteiger partial charge in [-0.15, -0.1) is 0 Å². The largest absolute Gasteiger partial charge is 0.504 e. The van der Waals surface area contributed by atoms with Crippen molar-refractivity contribution in [1.29, 1.82) is 0 Å². The quantitative estimate of drug-likeness (QED) is 0.446. The molecule has 0 saturated heterocycles. The Morgan fingerprint density at radius 2 is 2.14 bits per heavy atom. The first-order chi connectivity index (χ1) is 6.45. The molecule has 14 heavy (non-hydrogen) atoms. The van der Waals surface area contributed by atoms with Crippen molar-refractivity contribution in [3.05, 3.63) is 33.6 Å². The van der Waals surface area contributed by atoms with E-state index in [0.29, 0.717) is 0 Å². The van der Waals surface area contributed by atoms with Gasteiger partial charge in [0.1, 0.15) is 0 Å². The van der Waals surface area contributed by atoms with Crippen molar-refractivity contribution in [3.8, 4) is 5.75 Å². The van der Waals surface area contributed by atoms with E-state index >= 15 is 0 Å². The number of benzene rings is 1. The van der Waals surface area contributed by atoms with Crippen molar-refractivity contribution in [2.75, 3.05) is 0 Å². The van der Waals surface area contributed by atoms with Crippen molar-refractivity contribution in [1.82, 2.24) is 0 Å². The summed E-state index contributed by atoms with van der Waals surface area (Å²) in [6, 6.07) is 1.85. The first kappa shape index (κ1) is 10.1. The fourth-order valence-electron chi connectivity index (χ4n) is 0.979. The zero-order chi connectivity index (χ0) is 10.9. The molecule has 6 heteroatoms. The molecule has 0 spiro atoms. The molecule has 5 nitrogen and oxygen atoms in total. The van der Waals surface area contributed by atoms with Gasteiger partial charge in [-0.05, 0) is 13.0 Å². The molecule has 0 atom stereocenters. The van der Waals surface area contributed by atoms with E-state index in [2.05, 4.69) is 0 Å². The average Bonchev–Trinajstić information content (AvgIpc) is 2.08. The third-order valence-corrected chi connectivity index (χ3v) is 1.67. The minimum Gasteiger partial charge on any atom is -0.504 e. The number of hydrogen-bond acceptors (Lipinski definition) is 4. The van der Waals surface area contributed by atoms with Gasteiger partial charge < -0.3 is 5.11 Å². The Balaban J connectivity index is 3.41. The topological polar surface area (TPSA) is 80.4 Å². The Bertz CT molecular complexity index is 377. The van der Waals surface area contributed by atoms with Crippen LogP contribution in [0.25, 0.3) is 0 Å². The molecule has 0 aliphatic heterocycles. The van der Waals surface area contributed by atoms with E-state index < -0.39 is 28.0 Å². The van der Waals surface area contributed by atoms with Crippen LogP contribution in [0.3, 0.4) is 0 Å². The summed E-state index contributed by atoms with van der Waals surface area (Å²) in [6.45, 7) is 1.13. The van der Waals surface area contributed by atoms with Crippen LogP contribution < -0.4 is 0 Å². The number of aromatic hydroxyl groups is 1. The molecule has 0 saturated carbocycles. The number of phenols is 1. The maximum Gasteiger partial charge on any atom is 0.308 e. The van der Waals surface area contributed by atoms with Crippen molar-refractivity contribution in [3.63, 3.8) is 0 Å². The van der Waals surface area contributed by atoms with Gasteiger partial charge in [-0.25, -0.2) is 0 Å². The number of carbonyl (C=O) groups is 1. The number of hydrogen-bond donors (Lipinski definition) is 1. The molecule has 0 bridgehead atoms. The Hall–Kier alpha value is -1.98. The molecule has 1 rings (SSSR count). The minimum absolute atomic E-state index is 0.270. The first-order valence-corrected chi connectivity index (χ1v) is 3.62. The molecule has 0 aromatic heterocycles. The first-order valence-electron chi connectivity index (χ1n) is 3.62. The van der Waals surface area contributed by atoms with Crippen molar-refractivity contribution >= 4 is 11.5 Å². The van der Waals surface area contributed by atoms with E-state index in [9.17, 15) is 19.3 Å². The highest BCUT2D eigenvalue weighted by Gasteiger charge is 2.21. The van der Waals surface area contributed by atoms with E-state index in [0.717, 1.165) is 19.1 Å². The third-order valence-electron chi connectivity index (χ3n) is 1.67. The number of rotatable bonds is 2. The number of carbonyl (C=O) groups excluding carboxylic acids is 1. The Labute approximate surface area is 77.9 Å². The summed E-state index contributed by atoms with van der Waals surface area (Å²) in [7, 11) is 0. The summed E-state index contributed by atoms with van der Waals surface area (Å²) in [4.78, 5) is 20.1. The van der Waals surface area contributed by atoms with Crippen LogP contribution in [0.2, 0.25) is 0 Å². The second-order valence-electron chi connectivity index (χ2n) is 2.61. The van der Waals surface area contributed by atoms with Crippen LogP contribution in [0.5, 0.6) is 5.75 Å². The van der Waals surface area contributed by atoms with Gasteiger partial charge >= 0.3 is 5.69 Å². The second kappa shape index (κ2) is 3.41. The smallest absolute Gasteiger partial charge is 0.308 e. The summed E-state index contributed by atoms with van der Waals surface area (Å²) in [5, 5.41) is 19.3. The van der Waals surface area contributed by atoms with Crippen molar-refractivity contribution in [2.24, 2.45) is 0 Å². The molecule has 1 N–H and O–H groups in total. The molecule has 1 aromatic rings. The van der Waals surface area contributed by atoms with Crippen LogP contribution in [0, 0.1) is 15.9 Å². The maximum atomic E-state index is 13.0. The zero-order valence-electron chi connectivity index (χ0n) is 7.15. The lowest BCUT2D eigenvalue weighted by Crippen LogP contribution is -1.98. The van der Waals surface area contributed by atoms with Crippen molar-refractivity contribution in [2.45, 2.75) is 6.92 Å². The third kappa shape index (κ3) is 1.54. The predicted octanol–water partition coefficient (Wildman–Crippen LogP) is 1.64. The molecule has 0 fully saturated rings. The van der Waals surface area contributed by atoms with Gasteiger partial charge in [0, 0.05) is 6.07 Å². The van der Waals surface area contributed by atoms with Crippen LogP contribution >= 0.6 is 0 Å². The Morgan fingerprint density at radius 1 is 1.57 bits per heavy atom. The van der Waals surface area contributed by atoms with Crippen molar-refractivity contribution < 1.29 is 19.2 Å². The van der Waals surface area contributed by atoms with E-state index in [1.54, 1.807) is 0 Å². The summed E-state index contributed by atoms with van der Waals surface area (Å²) in [6.07, 6.45) is 0. The summed E-state index contributed by atoms with van der Waals surface area (Å²) >= 11 is 0. The zero-order valence-corrected chi connectivity index (χ0v) is 7.15. The number of halogens is 1. The summed E-state index contributed by atoms with van der Waals surface area (Å²) < 4.78 is 13.0. The number of nitrogens with zero attached hydrogens (tertiary/aromatic N) is 1. The van der Waals surface area contributed by atoms with E-state index in [-0.39, 0.29) is 5.56 Å². The molecule has 74 valence electrons. The molecule has 1 aromatic carbocycles. The number of nitro benzene ring substituents is 1. The summed E-state index contributed by atoms with van der Waals surface area (Å²) in [5.74, 6) is -2.93. The van der Waals surface area contributed by atoms with E-state index in [4.69, 9.17) is 5.11 Å². The SMILES string of the molecule is CC(=O)c1ccc([N+](=O)[O-])c(F)c1O. The highest BCUT2D eigenvalue weighted by Crippen LogP contribution is 2.29. The van der Waals surface area contributed by atoms with Crippen LogP contribution in [0.1, 0.15) is 17.3 Å². The number of phenolic OH excluding ortho intramolecular Hbond substituents is 1. The van der Waals surface area contributed by atoms with Gasteiger partial charge in [0.2, 0.25) is 5.82 Å². The lowest BCUT2D eigenvalue weighted by molar-refractivity contribution is -0.387. The van der Waals surface area contributed by atoms with Crippen LogP contribution in [0.4, 0.5) is 10.1 Å². The molecule has 0 unspecified atom stereocenters. The monoisotopic (exact) mass is 199 g/mol. The average molecular weight is 199 g/mol. The van der Waals surface area contributed by atoms with Gasteiger partial charge in [-0.3, -0.25) is 14.9 Å². The van der Waals surface area contributed by atoms with Gasteiger partial charge in [-0.2, -0.15) is 4.39 Å². The number of ketones is 1. The molecule has 0 heterocycles. The van der Waals surface area contributed by atoms with E-state index in [1.807, 2.05) is 0 Å². The van der Waals surface area contributed by atoms with Gasteiger partial charge in [0.25, 0.3) is 0 Å². The number of Topliss-reactive ketones (excluding diaryl/α,β-unsaturated/α-hetero) is 1. The second-order valence-corrected chi connectivity index (χ2v) is 2.61. The Morgan fingerprint density at radius 3 is 2.57 bits per heavy atom. The molecular weight excluding hydrogens is 193 g/mol. The van der Waals surface area contributed by atoms with Gasteiger partial charge in [0.05, 0.1) is 10.5 Å². The fourth-order valence-corrected chi connectivity index (χ4v) is 0.979. The lowest BCUT2D eigenvalue weighted by atomic mass is 10.1.